The molecule has 0 amide bonds. The van der Waals surface area contributed by atoms with Crippen molar-refractivity contribution >= 4 is 5.69 Å². The van der Waals surface area contributed by atoms with Crippen LogP contribution in [-0.4, -0.2) is 64.6 Å². The van der Waals surface area contributed by atoms with Crippen molar-refractivity contribution in [3.8, 4) is 0 Å². The first kappa shape index (κ1) is 14.8. The molecule has 21 heavy (non-hydrogen) atoms. The molecule has 1 aromatic carbocycles. The van der Waals surface area contributed by atoms with Crippen molar-refractivity contribution < 1.29 is 9.47 Å². The first-order valence-corrected chi connectivity index (χ1v) is 8.01. The van der Waals surface area contributed by atoms with Gasteiger partial charge >= 0.3 is 0 Å². The first-order chi connectivity index (χ1) is 10.4. The van der Waals surface area contributed by atoms with Gasteiger partial charge < -0.3 is 19.3 Å². The lowest BCUT2D eigenvalue weighted by Crippen LogP contribution is -2.36. The summed E-state index contributed by atoms with van der Waals surface area (Å²) in [6, 6.07) is 9.18. The van der Waals surface area contributed by atoms with Crippen LogP contribution in [0.4, 0.5) is 5.69 Å². The molecule has 3 rings (SSSR count). The molecule has 2 aliphatic heterocycles. The molecule has 2 aliphatic rings. The quantitative estimate of drug-likeness (QED) is 0.827. The van der Waals surface area contributed by atoms with E-state index in [1.54, 1.807) is 7.11 Å². The molecule has 0 aromatic heterocycles. The summed E-state index contributed by atoms with van der Waals surface area (Å²) in [6.07, 6.45) is 1.26. The molecular formula is C17H26N2O2. The molecule has 0 bridgehead atoms. The molecule has 4 heteroatoms. The molecule has 116 valence electrons. The monoisotopic (exact) mass is 290 g/mol. The Morgan fingerprint density at radius 1 is 1.14 bits per heavy atom. The molecule has 2 heterocycles. The third kappa shape index (κ3) is 3.76. The number of nitrogens with zero attached hydrogens (tertiary/aromatic N) is 2. The van der Waals surface area contributed by atoms with Gasteiger partial charge in [0.2, 0.25) is 0 Å². The van der Waals surface area contributed by atoms with Crippen LogP contribution in [-0.2, 0) is 9.47 Å². The SMILES string of the molecule is COCCN1CCC(c2ccc(N3CCOCC3)cc2)C1. The lowest BCUT2D eigenvalue weighted by atomic mass is 9.98. The van der Waals surface area contributed by atoms with E-state index in [4.69, 9.17) is 9.47 Å². The Hall–Kier alpha value is -1.10. The second-order valence-electron chi connectivity index (χ2n) is 5.97. The molecule has 1 unspecified atom stereocenters. The average molecular weight is 290 g/mol. The minimum Gasteiger partial charge on any atom is -0.383 e. The average Bonchev–Trinajstić information content (AvgIpc) is 3.03. The van der Waals surface area contributed by atoms with Crippen LogP contribution in [0.5, 0.6) is 0 Å². The standard InChI is InChI=1S/C17H26N2O2/c1-20-11-8-18-7-6-16(14-18)15-2-4-17(5-3-15)19-9-12-21-13-10-19/h2-5,16H,6-14H2,1H3. The molecule has 4 nitrogen and oxygen atoms in total. The number of hydrogen-bond donors (Lipinski definition) is 0. The molecule has 0 spiro atoms. The third-order valence-electron chi connectivity index (χ3n) is 4.62. The van der Waals surface area contributed by atoms with E-state index < -0.39 is 0 Å². The fraction of sp³-hybridized carbons (Fsp3) is 0.647. The fourth-order valence-electron chi connectivity index (χ4n) is 3.31. The van der Waals surface area contributed by atoms with Gasteiger partial charge in [0.15, 0.2) is 0 Å². The molecule has 2 fully saturated rings. The number of rotatable bonds is 5. The van der Waals surface area contributed by atoms with Gasteiger partial charge in [-0.25, -0.2) is 0 Å². The van der Waals surface area contributed by atoms with Crippen LogP contribution in [0.3, 0.4) is 0 Å². The Bertz CT molecular complexity index is 429. The van der Waals surface area contributed by atoms with Crippen molar-refractivity contribution in [3.05, 3.63) is 29.8 Å². The van der Waals surface area contributed by atoms with Crippen molar-refractivity contribution in [1.29, 1.82) is 0 Å². The predicted octanol–water partition coefficient (Wildman–Crippen LogP) is 1.96. The largest absolute Gasteiger partial charge is 0.383 e. The maximum Gasteiger partial charge on any atom is 0.0642 e. The van der Waals surface area contributed by atoms with Crippen molar-refractivity contribution in [2.45, 2.75) is 12.3 Å². The van der Waals surface area contributed by atoms with Gasteiger partial charge in [-0.2, -0.15) is 0 Å². The highest BCUT2D eigenvalue weighted by Crippen LogP contribution is 2.28. The normalized spacial score (nSPS) is 23.7. The topological polar surface area (TPSA) is 24.9 Å². The maximum atomic E-state index is 5.41. The zero-order chi connectivity index (χ0) is 14.5. The summed E-state index contributed by atoms with van der Waals surface area (Å²) in [5, 5.41) is 0. The van der Waals surface area contributed by atoms with Crippen LogP contribution in [0.2, 0.25) is 0 Å². The molecule has 0 saturated carbocycles. The van der Waals surface area contributed by atoms with Gasteiger partial charge in [-0.3, -0.25) is 0 Å². The van der Waals surface area contributed by atoms with E-state index in [2.05, 4.69) is 34.1 Å². The zero-order valence-corrected chi connectivity index (χ0v) is 13.0. The summed E-state index contributed by atoms with van der Waals surface area (Å²) in [6.45, 7) is 7.96. The Balaban J connectivity index is 1.57. The Labute approximate surface area is 127 Å². The fourth-order valence-corrected chi connectivity index (χ4v) is 3.31. The molecule has 0 radical (unpaired) electrons. The first-order valence-electron chi connectivity index (χ1n) is 8.01. The minimum atomic E-state index is 0.681. The van der Waals surface area contributed by atoms with Gasteiger partial charge in [0.25, 0.3) is 0 Å². The van der Waals surface area contributed by atoms with Crippen LogP contribution in [0.1, 0.15) is 17.9 Å². The van der Waals surface area contributed by atoms with Crippen LogP contribution in [0, 0.1) is 0 Å². The lowest BCUT2D eigenvalue weighted by Gasteiger charge is -2.29. The van der Waals surface area contributed by atoms with Crippen molar-refractivity contribution in [2.75, 3.05) is 64.6 Å². The van der Waals surface area contributed by atoms with E-state index in [0.717, 1.165) is 39.5 Å². The number of benzene rings is 1. The van der Waals surface area contributed by atoms with E-state index in [1.807, 2.05) is 0 Å². The van der Waals surface area contributed by atoms with Gasteiger partial charge in [-0.15, -0.1) is 0 Å². The predicted molar refractivity (Wildman–Crippen MR) is 85.1 cm³/mol. The highest BCUT2D eigenvalue weighted by Gasteiger charge is 2.23. The molecule has 2 saturated heterocycles. The van der Waals surface area contributed by atoms with Gasteiger partial charge in [-0.05, 0) is 36.6 Å². The summed E-state index contributed by atoms with van der Waals surface area (Å²) >= 11 is 0. The number of methoxy groups -OCH3 is 1. The zero-order valence-electron chi connectivity index (χ0n) is 13.0. The maximum absolute atomic E-state index is 5.41. The Morgan fingerprint density at radius 2 is 1.90 bits per heavy atom. The van der Waals surface area contributed by atoms with Crippen LogP contribution in [0.15, 0.2) is 24.3 Å². The molecule has 0 aliphatic carbocycles. The van der Waals surface area contributed by atoms with Crippen LogP contribution < -0.4 is 4.90 Å². The summed E-state index contributed by atoms with van der Waals surface area (Å²) in [5.74, 6) is 0.681. The van der Waals surface area contributed by atoms with Gasteiger partial charge in [0.1, 0.15) is 0 Å². The van der Waals surface area contributed by atoms with E-state index in [-0.39, 0.29) is 0 Å². The number of ether oxygens (including phenoxy) is 2. The van der Waals surface area contributed by atoms with E-state index >= 15 is 0 Å². The second-order valence-corrected chi connectivity index (χ2v) is 5.97. The second kappa shape index (κ2) is 7.25. The smallest absolute Gasteiger partial charge is 0.0642 e. The Morgan fingerprint density at radius 3 is 2.62 bits per heavy atom. The van der Waals surface area contributed by atoms with E-state index in [0.29, 0.717) is 5.92 Å². The number of likely N-dealkylation sites (tertiary alicyclic amines) is 1. The van der Waals surface area contributed by atoms with Gasteiger partial charge in [0.05, 0.1) is 19.8 Å². The summed E-state index contributed by atoms with van der Waals surface area (Å²) in [4.78, 5) is 4.91. The summed E-state index contributed by atoms with van der Waals surface area (Å²) in [7, 11) is 1.78. The highest BCUT2D eigenvalue weighted by molar-refractivity contribution is 5.48. The van der Waals surface area contributed by atoms with Crippen molar-refractivity contribution in [3.63, 3.8) is 0 Å². The molecule has 1 aromatic rings. The Kier molecular flexibility index (Phi) is 5.12. The highest BCUT2D eigenvalue weighted by atomic mass is 16.5. The van der Waals surface area contributed by atoms with Crippen LogP contribution >= 0.6 is 0 Å². The lowest BCUT2D eigenvalue weighted by molar-refractivity contribution is 0.122. The van der Waals surface area contributed by atoms with Crippen molar-refractivity contribution in [2.24, 2.45) is 0 Å². The van der Waals surface area contributed by atoms with Crippen LogP contribution in [0.25, 0.3) is 0 Å². The third-order valence-corrected chi connectivity index (χ3v) is 4.62. The molecule has 0 N–H and O–H groups in total. The summed E-state index contributed by atoms with van der Waals surface area (Å²) < 4.78 is 10.6. The van der Waals surface area contributed by atoms with Gasteiger partial charge in [0, 0.05) is 39.0 Å². The number of morpholine rings is 1. The van der Waals surface area contributed by atoms with Crippen molar-refractivity contribution in [1.82, 2.24) is 4.90 Å². The number of anilines is 1. The number of hydrogen-bond acceptors (Lipinski definition) is 4. The molecule has 1 atom stereocenters. The van der Waals surface area contributed by atoms with E-state index in [9.17, 15) is 0 Å². The minimum absolute atomic E-state index is 0.681. The molecular weight excluding hydrogens is 264 g/mol. The summed E-state index contributed by atoms with van der Waals surface area (Å²) in [5.41, 5.74) is 2.81. The van der Waals surface area contributed by atoms with Gasteiger partial charge in [-0.1, -0.05) is 12.1 Å². The van der Waals surface area contributed by atoms with E-state index in [1.165, 1.54) is 30.8 Å².